The molecule has 0 atom stereocenters. The number of sulfone groups is 1. The Labute approximate surface area is 143 Å². The lowest BCUT2D eigenvalue weighted by atomic mass is 10.2. The van der Waals surface area contributed by atoms with Gasteiger partial charge in [-0.1, -0.05) is 48.5 Å². The zero-order valence-electron chi connectivity index (χ0n) is 13.8. The van der Waals surface area contributed by atoms with Crippen LogP contribution in [0.2, 0.25) is 0 Å². The van der Waals surface area contributed by atoms with Gasteiger partial charge < -0.3 is 4.90 Å². The Morgan fingerprint density at radius 1 is 0.917 bits per heavy atom. The van der Waals surface area contributed by atoms with Crippen molar-refractivity contribution in [1.82, 2.24) is 4.90 Å². The molecule has 0 aliphatic rings. The van der Waals surface area contributed by atoms with Crippen LogP contribution in [0.5, 0.6) is 0 Å². The lowest BCUT2D eigenvalue weighted by molar-refractivity contribution is -0.125. The van der Waals surface area contributed by atoms with E-state index >= 15 is 0 Å². The maximum atomic E-state index is 13.0. The van der Waals surface area contributed by atoms with Crippen LogP contribution in [-0.2, 0) is 14.6 Å². The van der Waals surface area contributed by atoms with Crippen LogP contribution in [0.4, 0.5) is 0 Å². The molecule has 2 rings (SSSR count). The highest BCUT2D eigenvalue weighted by Gasteiger charge is 2.24. The number of carbonyl (C=O) groups is 1. The van der Waals surface area contributed by atoms with Gasteiger partial charge in [0.2, 0.25) is 15.7 Å². The molecule has 2 aromatic carbocycles. The van der Waals surface area contributed by atoms with Gasteiger partial charge >= 0.3 is 0 Å². The van der Waals surface area contributed by atoms with E-state index in [0.29, 0.717) is 18.7 Å². The normalized spacial score (nSPS) is 12.0. The van der Waals surface area contributed by atoms with E-state index in [1.165, 1.54) is 18.2 Å². The van der Waals surface area contributed by atoms with Crippen molar-refractivity contribution < 1.29 is 13.2 Å². The van der Waals surface area contributed by atoms with Gasteiger partial charge in [0.05, 0.1) is 9.80 Å². The first-order valence-corrected chi connectivity index (χ1v) is 9.35. The number of nitrogens with zero attached hydrogens (tertiary/aromatic N) is 1. The third-order valence-electron chi connectivity index (χ3n) is 3.73. The van der Waals surface area contributed by atoms with Crippen LogP contribution in [0.25, 0.3) is 4.91 Å². The lowest BCUT2D eigenvalue weighted by Gasteiger charge is -2.17. The molecule has 1 amide bonds. The molecule has 0 aliphatic carbocycles. The zero-order valence-corrected chi connectivity index (χ0v) is 14.7. The van der Waals surface area contributed by atoms with Crippen molar-refractivity contribution in [2.45, 2.75) is 18.7 Å². The van der Waals surface area contributed by atoms with E-state index in [0.717, 1.165) is 0 Å². The number of likely N-dealkylation sites (N-methyl/N-ethyl adjacent to an activating group) is 1. The van der Waals surface area contributed by atoms with E-state index < -0.39 is 9.84 Å². The molecule has 0 spiro atoms. The molecular weight excluding hydrogens is 322 g/mol. The Morgan fingerprint density at radius 2 is 1.42 bits per heavy atom. The highest BCUT2D eigenvalue weighted by molar-refractivity contribution is 8.00. The molecule has 24 heavy (non-hydrogen) atoms. The summed E-state index contributed by atoms with van der Waals surface area (Å²) in [4.78, 5) is 14.2. The quantitative estimate of drug-likeness (QED) is 0.756. The first-order valence-electron chi connectivity index (χ1n) is 7.86. The average Bonchev–Trinajstić information content (AvgIpc) is 2.62. The van der Waals surface area contributed by atoms with Crippen molar-refractivity contribution in [3.8, 4) is 0 Å². The van der Waals surface area contributed by atoms with Crippen LogP contribution < -0.4 is 0 Å². The zero-order chi connectivity index (χ0) is 17.6. The van der Waals surface area contributed by atoms with Gasteiger partial charge in [-0.25, -0.2) is 8.42 Å². The van der Waals surface area contributed by atoms with E-state index in [4.69, 9.17) is 0 Å². The van der Waals surface area contributed by atoms with Crippen molar-refractivity contribution in [1.29, 1.82) is 0 Å². The van der Waals surface area contributed by atoms with Crippen LogP contribution in [0, 0.1) is 0 Å². The molecule has 0 radical (unpaired) electrons. The van der Waals surface area contributed by atoms with E-state index in [9.17, 15) is 13.2 Å². The fourth-order valence-corrected chi connectivity index (χ4v) is 3.86. The third-order valence-corrected chi connectivity index (χ3v) is 5.56. The SMILES string of the molecule is CCN(CC)C(=O)/C=C(\c1ccccc1)S(=O)(=O)c1ccccc1. The lowest BCUT2D eigenvalue weighted by Crippen LogP contribution is -2.29. The molecule has 0 N–H and O–H groups in total. The van der Waals surface area contributed by atoms with E-state index in [1.54, 1.807) is 47.4 Å². The van der Waals surface area contributed by atoms with Crippen molar-refractivity contribution in [3.05, 3.63) is 72.3 Å². The fourth-order valence-electron chi connectivity index (χ4n) is 2.38. The fraction of sp³-hybridized carbons (Fsp3) is 0.211. The van der Waals surface area contributed by atoms with Gasteiger partial charge in [0.15, 0.2) is 0 Å². The van der Waals surface area contributed by atoms with Gasteiger partial charge in [0, 0.05) is 19.2 Å². The number of carbonyl (C=O) groups excluding carboxylic acids is 1. The molecule has 5 heteroatoms. The standard InChI is InChI=1S/C19H21NO3S/c1-3-20(4-2)19(21)15-18(16-11-7-5-8-12-16)24(22,23)17-13-9-6-10-14-17/h5-15H,3-4H2,1-2H3/b18-15+. The summed E-state index contributed by atoms with van der Waals surface area (Å²) in [5, 5.41) is 0. The average molecular weight is 343 g/mol. The van der Waals surface area contributed by atoms with E-state index in [2.05, 4.69) is 0 Å². The van der Waals surface area contributed by atoms with Gasteiger partial charge in [-0.15, -0.1) is 0 Å². The summed E-state index contributed by atoms with van der Waals surface area (Å²) in [6.45, 7) is 4.78. The van der Waals surface area contributed by atoms with Crippen LogP contribution in [0.1, 0.15) is 19.4 Å². The second kappa shape index (κ2) is 7.93. The number of hydrogen-bond donors (Lipinski definition) is 0. The number of amides is 1. The predicted molar refractivity (Wildman–Crippen MR) is 96.0 cm³/mol. The first-order chi connectivity index (χ1) is 11.5. The van der Waals surface area contributed by atoms with Crippen LogP contribution in [0.3, 0.4) is 0 Å². The molecular formula is C19H21NO3S. The molecule has 0 unspecified atom stereocenters. The second-order valence-electron chi connectivity index (χ2n) is 5.20. The largest absolute Gasteiger partial charge is 0.340 e. The van der Waals surface area contributed by atoms with Crippen LogP contribution >= 0.6 is 0 Å². The highest BCUT2D eigenvalue weighted by atomic mass is 32.2. The monoisotopic (exact) mass is 343 g/mol. The molecule has 0 aromatic heterocycles. The van der Waals surface area contributed by atoms with Crippen molar-refractivity contribution >= 4 is 20.6 Å². The molecule has 2 aromatic rings. The summed E-state index contributed by atoms with van der Waals surface area (Å²) in [6, 6.07) is 16.9. The van der Waals surface area contributed by atoms with Gasteiger partial charge in [-0.3, -0.25) is 4.79 Å². The Morgan fingerprint density at radius 3 is 1.92 bits per heavy atom. The molecule has 0 fully saturated rings. The summed E-state index contributed by atoms with van der Waals surface area (Å²) < 4.78 is 26.1. The van der Waals surface area contributed by atoms with E-state index in [-0.39, 0.29) is 15.7 Å². The number of hydrogen-bond acceptors (Lipinski definition) is 3. The van der Waals surface area contributed by atoms with Crippen molar-refractivity contribution in [2.24, 2.45) is 0 Å². The Balaban J connectivity index is 2.59. The Hall–Kier alpha value is -2.40. The summed E-state index contributed by atoms with van der Waals surface area (Å²) in [6.07, 6.45) is 1.23. The molecule has 126 valence electrons. The minimum absolute atomic E-state index is 0.0196. The van der Waals surface area contributed by atoms with Gasteiger partial charge in [-0.2, -0.15) is 0 Å². The van der Waals surface area contributed by atoms with Crippen LogP contribution in [-0.4, -0.2) is 32.3 Å². The Bertz CT molecular complexity index is 808. The first kappa shape index (κ1) is 17.9. The Kier molecular flexibility index (Phi) is 5.93. The third kappa shape index (κ3) is 3.92. The summed E-state index contributed by atoms with van der Waals surface area (Å²) in [5.74, 6) is -0.307. The van der Waals surface area contributed by atoms with Gasteiger partial charge in [0.25, 0.3) is 0 Å². The van der Waals surface area contributed by atoms with Crippen LogP contribution in [0.15, 0.2) is 71.6 Å². The molecule has 0 aliphatic heterocycles. The summed E-state index contributed by atoms with van der Waals surface area (Å²) in [5.41, 5.74) is 0.502. The molecule has 4 nitrogen and oxygen atoms in total. The molecule has 0 bridgehead atoms. The van der Waals surface area contributed by atoms with Crippen molar-refractivity contribution in [3.63, 3.8) is 0 Å². The minimum atomic E-state index is -3.79. The number of benzene rings is 2. The smallest absolute Gasteiger partial charge is 0.247 e. The summed E-state index contributed by atoms with van der Waals surface area (Å²) >= 11 is 0. The maximum absolute atomic E-state index is 13.0. The topological polar surface area (TPSA) is 54.5 Å². The number of rotatable bonds is 6. The van der Waals surface area contributed by atoms with Gasteiger partial charge in [-0.05, 0) is 31.5 Å². The predicted octanol–water partition coefficient (Wildman–Crippen LogP) is 3.37. The highest BCUT2D eigenvalue weighted by Crippen LogP contribution is 2.28. The summed E-state index contributed by atoms with van der Waals surface area (Å²) in [7, 11) is -3.79. The minimum Gasteiger partial charge on any atom is -0.340 e. The van der Waals surface area contributed by atoms with Gasteiger partial charge in [0.1, 0.15) is 0 Å². The van der Waals surface area contributed by atoms with Crippen molar-refractivity contribution in [2.75, 3.05) is 13.1 Å². The van der Waals surface area contributed by atoms with E-state index in [1.807, 2.05) is 19.9 Å². The maximum Gasteiger partial charge on any atom is 0.247 e. The second-order valence-corrected chi connectivity index (χ2v) is 7.12. The molecule has 0 saturated carbocycles. The molecule has 0 saturated heterocycles. The molecule has 0 heterocycles.